The van der Waals surface area contributed by atoms with Gasteiger partial charge in [0.15, 0.2) is 0 Å². The quantitative estimate of drug-likeness (QED) is 0.860. The third-order valence-electron chi connectivity index (χ3n) is 3.95. The Kier molecular flexibility index (Phi) is 4.00. The summed E-state index contributed by atoms with van der Waals surface area (Å²) in [4.78, 5) is 18.9. The van der Waals surface area contributed by atoms with Gasteiger partial charge in [-0.2, -0.15) is 0 Å². The number of pyridine rings is 1. The van der Waals surface area contributed by atoms with E-state index in [1.807, 2.05) is 35.4 Å². The van der Waals surface area contributed by atoms with Crippen molar-refractivity contribution in [2.45, 2.75) is 32.6 Å². The second-order valence-electron chi connectivity index (χ2n) is 5.52. The normalized spacial score (nSPS) is 13.9. The van der Waals surface area contributed by atoms with Crippen LogP contribution in [0.3, 0.4) is 0 Å². The Morgan fingerprint density at radius 3 is 3.10 bits per heavy atom. The third kappa shape index (κ3) is 2.82. The standard InChI is InChI=1S/C18H20N2O/c1-2-5-14-6-3-7-15(12-14)18(21)20-11-4-8-16-13-19-10-9-17(16)20/h3,6-7,9-10,12-13H,2,4-5,8,11H2,1H3. The van der Waals surface area contributed by atoms with E-state index in [9.17, 15) is 4.79 Å². The lowest BCUT2D eigenvalue weighted by atomic mass is 10.0. The summed E-state index contributed by atoms with van der Waals surface area (Å²) in [5.74, 6) is 0.0973. The molecule has 2 aromatic rings. The van der Waals surface area contributed by atoms with Crippen LogP contribution in [0, 0.1) is 0 Å². The Morgan fingerprint density at radius 2 is 2.24 bits per heavy atom. The number of amides is 1. The average Bonchev–Trinajstić information content (AvgIpc) is 2.54. The fourth-order valence-electron chi connectivity index (χ4n) is 2.94. The number of hydrogen-bond acceptors (Lipinski definition) is 2. The molecule has 0 radical (unpaired) electrons. The summed E-state index contributed by atoms with van der Waals surface area (Å²) >= 11 is 0. The Hall–Kier alpha value is -2.16. The number of hydrogen-bond donors (Lipinski definition) is 0. The largest absolute Gasteiger partial charge is 0.308 e. The molecule has 0 atom stereocenters. The molecule has 2 heterocycles. The number of benzene rings is 1. The maximum Gasteiger partial charge on any atom is 0.258 e. The van der Waals surface area contributed by atoms with E-state index in [4.69, 9.17) is 0 Å². The summed E-state index contributed by atoms with van der Waals surface area (Å²) in [5, 5.41) is 0. The Morgan fingerprint density at radius 1 is 1.33 bits per heavy atom. The number of anilines is 1. The molecule has 3 nitrogen and oxygen atoms in total. The van der Waals surface area contributed by atoms with Crippen molar-refractivity contribution in [2.24, 2.45) is 0 Å². The lowest BCUT2D eigenvalue weighted by Gasteiger charge is -2.29. The van der Waals surface area contributed by atoms with Crippen molar-refractivity contribution in [3.05, 3.63) is 59.4 Å². The minimum atomic E-state index is 0.0973. The minimum Gasteiger partial charge on any atom is -0.308 e. The molecule has 1 aromatic heterocycles. The van der Waals surface area contributed by atoms with Gasteiger partial charge >= 0.3 is 0 Å². The van der Waals surface area contributed by atoms with Gasteiger partial charge in [0, 0.05) is 24.5 Å². The van der Waals surface area contributed by atoms with Crippen molar-refractivity contribution in [1.82, 2.24) is 4.98 Å². The molecule has 0 fully saturated rings. The Labute approximate surface area is 125 Å². The fourth-order valence-corrected chi connectivity index (χ4v) is 2.94. The highest BCUT2D eigenvalue weighted by Gasteiger charge is 2.23. The molecule has 1 amide bonds. The van der Waals surface area contributed by atoms with Gasteiger partial charge in [-0.15, -0.1) is 0 Å². The van der Waals surface area contributed by atoms with Crippen molar-refractivity contribution in [3.63, 3.8) is 0 Å². The van der Waals surface area contributed by atoms with E-state index in [1.165, 1.54) is 11.1 Å². The smallest absolute Gasteiger partial charge is 0.258 e. The number of aryl methyl sites for hydroxylation is 2. The van der Waals surface area contributed by atoms with Crippen molar-refractivity contribution in [3.8, 4) is 0 Å². The topological polar surface area (TPSA) is 33.2 Å². The number of rotatable bonds is 3. The molecule has 3 rings (SSSR count). The van der Waals surface area contributed by atoms with Crippen molar-refractivity contribution in [1.29, 1.82) is 0 Å². The molecular weight excluding hydrogens is 260 g/mol. The van der Waals surface area contributed by atoms with Gasteiger partial charge in [0.25, 0.3) is 5.91 Å². The van der Waals surface area contributed by atoms with Crippen LogP contribution < -0.4 is 4.90 Å². The van der Waals surface area contributed by atoms with Crippen LogP contribution in [-0.4, -0.2) is 17.4 Å². The highest BCUT2D eigenvalue weighted by Crippen LogP contribution is 2.27. The zero-order chi connectivity index (χ0) is 14.7. The molecule has 3 heteroatoms. The number of fused-ring (bicyclic) bond motifs is 1. The van der Waals surface area contributed by atoms with Crippen LogP contribution in [-0.2, 0) is 12.8 Å². The molecule has 21 heavy (non-hydrogen) atoms. The van der Waals surface area contributed by atoms with Crippen molar-refractivity contribution in [2.75, 3.05) is 11.4 Å². The average molecular weight is 280 g/mol. The summed E-state index contributed by atoms with van der Waals surface area (Å²) in [5.41, 5.74) is 4.20. The molecule has 0 unspecified atom stereocenters. The van der Waals surface area contributed by atoms with Crippen LogP contribution in [0.4, 0.5) is 5.69 Å². The molecule has 0 saturated heterocycles. The van der Waals surface area contributed by atoms with Gasteiger partial charge in [-0.25, -0.2) is 0 Å². The second-order valence-corrected chi connectivity index (χ2v) is 5.52. The van der Waals surface area contributed by atoms with E-state index in [0.717, 1.165) is 43.5 Å². The van der Waals surface area contributed by atoms with Crippen LogP contribution in [0.15, 0.2) is 42.7 Å². The summed E-state index contributed by atoms with van der Waals surface area (Å²) < 4.78 is 0. The Balaban J connectivity index is 1.91. The van der Waals surface area contributed by atoms with Gasteiger partial charge in [0.1, 0.15) is 0 Å². The molecule has 1 aliphatic heterocycles. The summed E-state index contributed by atoms with van der Waals surface area (Å²) in [6.07, 6.45) is 7.75. The predicted molar refractivity (Wildman–Crippen MR) is 84.7 cm³/mol. The number of carbonyl (C=O) groups excluding carboxylic acids is 1. The predicted octanol–water partition coefficient (Wildman–Crippen LogP) is 3.63. The van der Waals surface area contributed by atoms with Crippen LogP contribution in [0.25, 0.3) is 0 Å². The van der Waals surface area contributed by atoms with Gasteiger partial charge in [0.05, 0.1) is 5.69 Å². The first-order valence-electron chi connectivity index (χ1n) is 7.63. The molecule has 0 bridgehead atoms. The first-order chi connectivity index (χ1) is 10.3. The maximum absolute atomic E-state index is 12.8. The van der Waals surface area contributed by atoms with Gasteiger partial charge in [-0.05, 0) is 48.6 Å². The zero-order valence-electron chi connectivity index (χ0n) is 12.4. The lowest BCUT2D eigenvalue weighted by molar-refractivity contribution is 0.0985. The van der Waals surface area contributed by atoms with Gasteiger partial charge in [0.2, 0.25) is 0 Å². The maximum atomic E-state index is 12.8. The summed E-state index contributed by atoms with van der Waals surface area (Å²) in [6, 6.07) is 9.96. The lowest BCUT2D eigenvalue weighted by Crippen LogP contribution is -2.35. The van der Waals surface area contributed by atoms with Crippen LogP contribution in [0.5, 0.6) is 0 Å². The Bertz CT molecular complexity index is 651. The van der Waals surface area contributed by atoms with Gasteiger partial charge < -0.3 is 4.90 Å². The first kappa shape index (κ1) is 13.8. The molecule has 0 spiro atoms. The highest BCUT2D eigenvalue weighted by molar-refractivity contribution is 6.06. The molecule has 0 N–H and O–H groups in total. The minimum absolute atomic E-state index is 0.0973. The molecular formula is C18H20N2O. The number of aromatic nitrogens is 1. The van der Waals surface area contributed by atoms with Crippen molar-refractivity contribution >= 4 is 11.6 Å². The summed E-state index contributed by atoms with van der Waals surface area (Å²) in [6.45, 7) is 2.94. The monoisotopic (exact) mass is 280 g/mol. The molecule has 0 saturated carbocycles. The highest BCUT2D eigenvalue weighted by atomic mass is 16.2. The van der Waals surface area contributed by atoms with Gasteiger partial charge in [-0.3, -0.25) is 9.78 Å². The van der Waals surface area contributed by atoms with E-state index in [2.05, 4.69) is 18.0 Å². The van der Waals surface area contributed by atoms with E-state index < -0.39 is 0 Å². The van der Waals surface area contributed by atoms with Crippen LogP contribution in [0.1, 0.15) is 41.3 Å². The summed E-state index contributed by atoms with van der Waals surface area (Å²) in [7, 11) is 0. The van der Waals surface area contributed by atoms with Crippen LogP contribution in [0.2, 0.25) is 0 Å². The zero-order valence-corrected chi connectivity index (χ0v) is 12.4. The van der Waals surface area contributed by atoms with E-state index in [-0.39, 0.29) is 5.91 Å². The molecule has 1 aliphatic rings. The first-order valence-corrected chi connectivity index (χ1v) is 7.63. The molecule has 1 aromatic carbocycles. The van der Waals surface area contributed by atoms with Gasteiger partial charge in [-0.1, -0.05) is 25.5 Å². The van der Waals surface area contributed by atoms with Crippen LogP contribution >= 0.6 is 0 Å². The molecule has 0 aliphatic carbocycles. The van der Waals surface area contributed by atoms with E-state index in [1.54, 1.807) is 6.20 Å². The third-order valence-corrected chi connectivity index (χ3v) is 3.95. The molecule has 108 valence electrons. The fraction of sp³-hybridized carbons (Fsp3) is 0.333. The van der Waals surface area contributed by atoms with E-state index in [0.29, 0.717) is 0 Å². The second kappa shape index (κ2) is 6.08. The SMILES string of the molecule is CCCc1cccc(C(=O)N2CCCc3cnccc32)c1. The number of carbonyl (C=O) groups is 1. The van der Waals surface area contributed by atoms with Crippen molar-refractivity contribution < 1.29 is 4.79 Å². The van der Waals surface area contributed by atoms with E-state index >= 15 is 0 Å². The number of nitrogens with zero attached hydrogens (tertiary/aromatic N) is 2.